The van der Waals surface area contributed by atoms with Gasteiger partial charge in [0.2, 0.25) is 5.78 Å². The van der Waals surface area contributed by atoms with Crippen molar-refractivity contribution < 1.29 is 14.3 Å². The maximum absolute atomic E-state index is 12.4. The number of Topliss-reactive ketones (excluding diaryl/α,β-unsaturated/α-hetero) is 1. The van der Waals surface area contributed by atoms with Crippen LogP contribution in [0.5, 0.6) is 0 Å². The van der Waals surface area contributed by atoms with Crippen molar-refractivity contribution in [2.45, 2.75) is 19.4 Å². The lowest BCUT2D eigenvalue weighted by molar-refractivity contribution is -0.145. The summed E-state index contributed by atoms with van der Waals surface area (Å²) in [6.07, 6.45) is -1.11. The number of nitrogens with zero attached hydrogens (tertiary/aromatic N) is 2. The van der Waals surface area contributed by atoms with Crippen LogP contribution in [0.15, 0.2) is 53.3 Å². The van der Waals surface area contributed by atoms with E-state index in [1.807, 2.05) is 0 Å². The van der Waals surface area contributed by atoms with Crippen LogP contribution in [-0.2, 0) is 23.0 Å². The third-order valence-electron chi connectivity index (χ3n) is 4.13. The summed E-state index contributed by atoms with van der Waals surface area (Å²) in [7, 11) is 1.52. The quantitative estimate of drug-likeness (QED) is 0.499. The highest BCUT2D eigenvalue weighted by Gasteiger charge is 2.21. The van der Waals surface area contributed by atoms with Crippen LogP contribution in [0.3, 0.4) is 0 Å². The number of aryl methyl sites for hydroxylation is 1. The number of ether oxygens (including phenoxy) is 1. The maximum atomic E-state index is 12.4. The number of benzene rings is 2. The van der Waals surface area contributed by atoms with Gasteiger partial charge in [0.1, 0.15) is 0 Å². The lowest BCUT2D eigenvalue weighted by Crippen LogP contribution is -2.27. The molecule has 2 aromatic carbocycles. The highest BCUT2D eigenvalue weighted by molar-refractivity contribution is 6.31. The van der Waals surface area contributed by atoms with Crippen LogP contribution in [0, 0.1) is 0 Å². The Balaban J connectivity index is 1.78. The Bertz CT molecular complexity index is 1090. The zero-order chi connectivity index (χ0) is 19.6. The molecular formula is C20H17ClN2O4. The molecule has 3 rings (SSSR count). The summed E-state index contributed by atoms with van der Waals surface area (Å²) >= 11 is 5.89. The molecule has 0 amide bonds. The smallest absolute Gasteiger partial charge is 0.312 e. The lowest BCUT2D eigenvalue weighted by Gasteiger charge is -2.13. The molecule has 1 heterocycles. The first kappa shape index (κ1) is 18.8. The number of esters is 1. The average Bonchev–Trinajstić information content (AvgIpc) is 2.65. The Morgan fingerprint density at radius 1 is 1.15 bits per heavy atom. The van der Waals surface area contributed by atoms with Crippen LogP contribution in [0.4, 0.5) is 0 Å². The van der Waals surface area contributed by atoms with E-state index in [0.717, 1.165) is 0 Å². The number of fused-ring (bicyclic) bond motifs is 1. The normalized spacial score (nSPS) is 12.0. The number of hydrogen-bond donors (Lipinski definition) is 0. The fourth-order valence-corrected chi connectivity index (χ4v) is 3.00. The molecule has 0 aliphatic rings. The van der Waals surface area contributed by atoms with Gasteiger partial charge in [0.05, 0.1) is 17.5 Å². The Morgan fingerprint density at radius 3 is 2.56 bits per heavy atom. The van der Waals surface area contributed by atoms with E-state index in [4.69, 9.17) is 16.3 Å². The Kier molecular flexibility index (Phi) is 5.37. The second-order valence-corrected chi connectivity index (χ2v) is 6.54. The van der Waals surface area contributed by atoms with Crippen molar-refractivity contribution in [3.63, 3.8) is 0 Å². The zero-order valence-electron chi connectivity index (χ0n) is 14.8. The number of hydrogen-bond acceptors (Lipinski definition) is 5. The number of halogens is 1. The van der Waals surface area contributed by atoms with E-state index in [-0.39, 0.29) is 17.8 Å². The van der Waals surface area contributed by atoms with Crippen molar-refractivity contribution in [1.82, 2.24) is 9.78 Å². The monoisotopic (exact) mass is 384 g/mol. The number of carbonyl (C=O) groups excluding carboxylic acids is 2. The highest BCUT2D eigenvalue weighted by Crippen LogP contribution is 2.16. The summed E-state index contributed by atoms with van der Waals surface area (Å²) in [6, 6.07) is 13.4. The van der Waals surface area contributed by atoms with Crippen LogP contribution in [0.2, 0.25) is 5.02 Å². The van der Waals surface area contributed by atoms with Crippen molar-refractivity contribution >= 4 is 34.1 Å². The van der Waals surface area contributed by atoms with Crippen molar-refractivity contribution in [1.29, 1.82) is 0 Å². The average molecular weight is 385 g/mol. The van der Waals surface area contributed by atoms with Gasteiger partial charge in [0, 0.05) is 23.0 Å². The number of aromatic nitrogens is 2. The lowest BCUT2D eigenvalue weighted by atomic mass is 10.1. The zero-order valence-corrected chi connectivity index (χ0v) is 15.6. The summed E-state index contributed by atoms with van der Waals surface area (Å²) in [6.45, 7) is 1.51. The van der Waals surface area contributed by atoms with Gasteiger partial charge in [0.15, 0.2) is 6.10 Å². The fraction of sp³-hybridized carbons (Fsp3) is 0.200. The van der Waals surface area contributed by atoms with E-state index in [1.54, 1.807) is 42.5 Å². The van der Waals surface area contributed by atoms with E-state index >= 15 is 0 Å². The molecule has 3 aromatic rings. The van der Waals surface area contributed by atoms with E-state index in [2.05, 4.69) is 5.10 Å². The molecule has 7 heteroatoms. The molecule has 27 heavy (non-hydrogen) atoms. The summed E-state index contributed by atoms with van der Waals surface area (Å²) in [5.41, 5.74) is 0.542. The van der Waals surface area contributed by atoms with E-state index in [1.165, 1.54) is 24.7 Å². The van der Waals surface area contributed by atoms with Crippen LogP contribution >= 0.6 is 11.6 Å². The largest absolute Gasteiger partial charge is 0.454 e. The molecule has 0 saturated heterocycles. The van der Waals surface area contributed by atoms with E-state index in [0.29, 0.717) is 27.1 Å². The second-order valence-electron chi connectivity index (χ2n) is 6.10. The minimum absolute atomic E-state index is 0.151. The molecule has 0 fully saturated rings. The molecule has 0 aliphatic heterocycles. The molecule has 0 unspecified atom stereocenters. The third-order valence-corrected chi connectivity index (χ3v) is 4.37. The SMILES string of the molecule is C[C@@H](OC(=O)Cc1nn(C)c(=O)c2ccccc12)C(=O)c1cccc(Cl)c1. The van der Waals surface area contributed by atoms with Crippen molar-refractivity contribution in [2.24, 2.45) is 7.05 Å². The molecule has 0 aliphatic carbocycles. The highest BCUT2D eigenvalue weighted by atomic mass is 35.5. The molecule has 6 nitrogen and oxygen atoms in total. The minimum Gasteiger partial charge on any atom is -0.454 e. The molecule has 0 radical (unpaired) electrons. The van der Waals surface area contributed by atoms with Crippen LogP contribution in [0.25, 0.3) is 10.8 Å². The Morgan fingerprint density at radius 2 is 1.85 bits per heavy atom. The number of ketones is 1. The molecule has 0 bridgehead atoms. The van der Waals surface area contributed by atoms with Crippen LogP contribution in [0.1, 0.15) is 23.0 Å². The standard InChI is InChI=1S/C20H17ClN2O4/c1-12(19(25)13-6-5-7-14(21)10-13)27-18(24)11-17-15-8-3-4-9-16(15)20(26)23(2)22-17/h3-10,12H,11H2,1-2H3/t12-/m1/s1. The van der Waals surface area contributed by atoms with Gasteiger partial charge in [-0.05, 0) is 25.1 Å². The fourth-order valence-electron chi connectivity index (χ4n) is 2.81. The van der Waals surface area contributed by atoms with Crippen LogP contribution < -0.4 is 5.56 Å². The van der Waals surface area contributed by atoms with Crippen molar-refractivity contribution in [3.8, 4) is 0 Å². The van der Waals surface area contributed by atoms with Crippen LogP contribution in [-0.4, -0.2) is 27.6 Å². The molecule has 138 valence electrons. The second kappa shape index (κ2) is 7.72. The van der Waals surface area contributed by atoms with E-state index in [9.17, 15) is 14.4 Å². The first-order valence-electron chi connectivity index (χ1n) is 8.31. The number of rotatable bonds is 5. The summed E-state index contributed by atoms with van der Waals surface area (Å²) in [4.78, 5) is 36.9. The molecular weight excluding hydrogens is 368 g/mol. The van der Waals surface area contributed by atoms with E-state index < -0.39 is 12.1 Å². The molecule has 0 saturated carbocycles. The van der Waals surface area contributed by atoms with Gasteiger partial charge in [-0.25, -0.2) is 4.68 Å². The minimum atomic E-state index is -0.963. The van der Waals surface area contributed by atoms with Gasteiger partial charge >= 0.3 is 5.97 Å². The van der Waals surface area contributed by atoms with Crippen molar-refractivity contribution in [2.75, 3.05) is 0 Å². The maximum Gasteiger partial charge on any atom is 0.312 e. The van der Waals surface area contributed by atoms with Gasteiger partial charge in [-0.2, -0.15) is 5.10 Å². The number of carbonyl (C=O) groups is 2. The Hall–Kier alpha value is -2.99. The first-order valence-corrected chi connectivity index (χ1v) is 8.69. The summed E-state index contributed by atoms with van der Waals surface area (Å²) in [5, 5.41) is 5.66. The molecule has 0 N–H and O–H groups in total. The van der Waals surface area contributed by atoms with Gasteiger partial charge < -0.3 is 4.74 Å². The Labute approximate surface area is 160 Å². The van der Waals surface area contributed by atoms with Crippen molar-refractivity contribution in [3.05, 3.63) is 75.2 Å². The van der Waals surface area contributed by atoms with Gasteiger partial charge in [0.25, 0.3) is 5.56 Å². The third kappa shape index (κ3) is 4.06. The summed E-state index contributed by atoms with van der Waals surface area (Å²) in [5.74, 6) is -0.946. The van der Waals surface area contributed by atoms with Gasteiger partial charge in [-0.15, -0.1) is 0 Å². The first-order chi connectivity index (χ1) is 12.9. The van der Waals surface area contributed by atoms with Gasteiger partial charge in [-0.1, -0.05) is 41.9 Å². The topological polar surface area (TPSA) is 78.3 Å². The molecule has 1 atom stereocenters. The predicted octanol–water partition coefficient (Wildman–Crippen LogP) is 2.94. The van der Waals surface area contributed by atoms with Gasteiger partial charge in [-0.3, -0.25) is 14.4 Å². The summed E-state index contributed by atoms with van der Waals surface area (Å²) < 4.78 is 6.46. The predicted molar refractivity (Wildman–Crippen MR) is 102 cm³/mol. The molecule has 1 aromatic heterocycles. The molecule has 0 spiro atoms.